The van der Waals surface area contributed by atoms with E-state index in [0.717, 1.165) is 11.3 Å². The normalized spacial score (nSPS) is 17.5. The number of hydrogen-bond donors (Lipinski definition) is 0. The highest BCUT2D eigenvalue weighted by Crippen LogP contribution is 2.37. The molecule has 1 aliphatic rings. The van der Waals surface area contributed by atoms with E-state index in [1.54, 1.807) is 0 Å². The third-order valence-corrected chi connectivity index (χ3v) is 5.57. The molecule has 0 saturated heterocycles. The fourth-order valence-electron chi connectivity index (χ4n) is 4.12. The topological polar surface area (TPSA) is 24.3 Å². The van der Waals surface area contributed by atoms with Crippen molar-refractivity contribution in [2.75, 3.05) is 4.90 Å². The van der Waals surface area contributed by atoms with Crippen molar-refractivity contribution in [3.05, 3.63) is 72.3 Å². The Balaban J connectivity index is 1.71. The van der Waals surface area contributed by atoms with Crippen molar-refractivity contribution in [2.45, 2.75) is 39.4 Å². The molecule has 0 aliphatic carbocycles. The van der Waals surface area contributed by atoms with Crippen molar-refractivity contribution < 1.29 is 0 Å². The molecule has 1 aromatic heterocycles. The van der Waals surface area contributed by atoms with Gasteiger partial charge in [-0.2, -0.15) is 0 Å². The van der Waals surface area contributed by atoms with E-state index >= 15 is 0 Å². The van der Waals surface area contributed by atoms with E-state index in [-0.39, 0.29) is 11.7 Å². The van der Waals surface area contributed by atoms with Crippen molar-refractivity contribution >= 4 is 16.7 Å². The number of nitrogens with zero attached hydrogens (tertiary/aromatic N) is 4. The second-order valence-corrected chi connectivity index (χ2v) is 7.57. The third kappa shape index (κ3) is 2.40. The smallest absolute Gasteiger partial charge is 0.135 e. The predicted octanol–water partition coefficient (Wildman–Crippen LogP) is 4.76. The fraction of sp³-hybridized carbons (Fsp3) is 0.318. The highest BCUT2D eigenvalue weighted by Gasteiger charge is 2.38. The van der Waals surface area contributed by atoms with Crippen LogP contribution in [0.2, 0.25) is 0 Å². The Morgan fingerprint density at radius 3 is 2.38 bits per heavy atom. The van der Waals surface area contributed by atoms with E-state index < -0.39 is 0 Å². The minimum Gasteiger partial charge on any atom is -0.344 e. The van der Waals surface area contributed by atoms with Crippen LogP contribution in [0.3, 0.4) is 0 Å². The summed E-state index contributed by atoms with van der Waals surface area (Å²) in [6.45, 7) is 8.90. The second kappa shape index (κ2) is 5.90. The second-order valence-electron chi connectivity index (χ2n) is 7.57. The van der Waals surface area contributed by atoms with Gasteiger partial charge in [0.1, 0.15) is 12.0 Å². The Bertz CT molecular complexity index is 983. The molecule has 3 aromatic rings. The Morgan fingerprint density at radius 1 is 0.962 bits per heavy atom. The summed E-state index contributed by atoms with van der Waals surface area (Å²) < 4.78 is 2.21. The molecule has 4 rings (SSSR count). The maximum Gasteiger partial charge on any atom is 0.135 e. The van der Waals surface area contributed by atoms with Gasteiger partial charge in [-0.15, -0.1) is 0 Å². The summed E-state index contributed by atoms with van der Waals surface area (Å²) >= 11 is 0. The quantitative estimate of drug-likeness (QED) is 0.683. The molecule has 0 fully saturated rings. The monoisotopic (exact) mass is 346 g/mol. The first-order valence-electron chi connectivity index (χ1n) is 9.14. The summed E-state index contributed by atoms with van der Waals surface area (Å²) in [6.07, 6.45) is 4.58. The highest BCUT2D eigenvalue weighted by molar-refractivity contribution is 5.76. The van der Waals surface area contributed by atoms with E-state index in [0.29, 0.717) is 0 Å². The Kier molecular flexibility index (Phi) is 3.79. The SMILES string of the molecule is Cc1ccccc1N1C=CN(C(C)(C)c2nc3ccccc3n2C)[C@@H]1C. The number of imidazole rings is 1. The van der Waals surface area contributed by atoms with Gasteiger partial charge in [0.15, 0.2) is 0 Å². The van der Waals surface area contributed by atoms with E-state index in [2.05, 4.69) is 104 Å². The molecule has 2 aromatic carbocycles. The number of benzene rings is 2. The van der Waals surface area contributed by atoms with Crippen LogP contribution in [0.5, 0.6) is 0 Å². The predicted molar refractivity (Wildman–Crippen MR) is 108 cm³/mol. The van der Waals surface area contributed by atoms with Gasteiger partial charge in [0.05, 0.1) is 16.6 Å². The van der Waals surface area contributed by atoms with Crippen molar-refractivity contribution in [2.24, 2.45) is 7.05 Å². The molecule has 26 heavy (non-hydrogen) atoms. The largest absolute Gasteiger partial charge is 0.344 e. The number of hydrogen-bond acceptors (Lipinski definition) is 3. The molecule has 2 heterocycles. The van der Waals surface area contributed by atoms with Gasteiger partial charge in [-0.25, -0.2) is 4.98 Å². The van der Waals surface area contributed by atoms with Crippen molar-refractivity contribution in [1.82, 2.24) is 14.5 Å². The van der Waals surface area contributed by atoms with Crippen LogP contribution >= 0.6 is 0 Å². The van der Waals surface area contributed by atoms with Gasteiger partial charge in [-0.3, -0.25) is 0 Å². The zero-order chi connectivity index (χ0) is 18.5. The molecular weight excluding hydrogens is 320 g/mol. The van der Waals surface area contributed by atoms with E-state index in [9.17, 15) is 0 Å². The zero-order valence-corrected chi connectivity index (χ0v) is 16.1. The molecule has 0 N–H and O–H groups in total. The van der Waals surface area contributed by atoms with Gasteiger partial charge < -0.3 is 14.4 Å². The van der Waals surface area contributed by atoms with E-state index in [1.807, 2.05) is 6.07 Å². The molecule has 4 nitrogen and oxygen atoms in total. The molecule has 0 saturated carbocycles. The third-order valence-electron chi connectivity index (χ3n) is 5.57. The van der Waals surface area contributed by atoms with Gasteiger partial charge in [0.25, 0.3) is 0 Å². The minimum atomic E-state index is -0.235. The van der Waals surface area contributed by atoms with Crippen molar-refractivity contribution in [3.63, 3.8) is 0 Å². The number of aryl methyl sites for hydroxylation is 2. The number of aromatic nitrogens is 2. The van der Waals surface area contributed by atoms with Crippen molar-refractivity contribution in [3.8, 4) is 0 Å². The fourth-order valence-corrected chi connectivity index (χ4v) is 4.12. The average molecular weight is 346 g/mol. The van der Waals surface area contributed by atoms with Crippen LogP contribution in [0.15, 0.2) is 60.9 Å². The lowest BCUT2D eigenvalue weighted by atomic mass is 10.0. The first kappa shape index (κ1) is 16.7. The maximum atomic E-state index is 4.95. The summed E-state index contributed by atoms with van der Waals surface area (Å²) in [6, 6.07) is 16.9. The number of rotatable bonds is 3. The molecule has 1 atom stereocenters. The van der Waals surface area contributed by atoms with Gasteiger partial charge in [0.2, 0.25) is 0 Å². The van der Waals surface area contributed by atoms with Gasteiger partial charge in [0, 0.05) is 25.1 Å². The summed E-state index contributed by atoms with van der Waals surface area (Å²) in [5, 5.41) is 0. The minimum absolute atomic E-state index is 0.214. The van der Waals surface area contributed by atoms with Crippen LogP contribution in [0.1, 0.15) is 32.2 Å². The Labute approximate surface area is 155 Å². The molecule has 0 bridgehead atoms. The van der Waals surface area contributed by atoms with Gasteiger partial charge in [-0.05, 0) is 51.5 Å². The molecule has 0 spiro atoms. The average Bonchev–Trinajstić information content (AvgIpc) is 3.17. The van der Waals surface area contributed by atoms with Crippen LogP contribution in [0.4, 0.5) is 5.69 Å². The summed E-state index contributed by atoms with van der Waals surface area (Å²) in [7, 11) is 2.11. The molecular formula is C22H26N4. The highest BCUT2D eigenvalue weighted by atomic mass is 15.4. The molecule has 0 amide bonds. The van der Waals surface area contributed by atoms with E-state index in [4.69, 9.17) is 4.98 Å². The van der Waals surface area contributed by atoms with Crippen molar-refractivity contribution in [1.29, 1.82) is 0 Å². The van der Waals surface area contributed by atoms with Crippen LogP contribution in [-0.4, -0.2) is 20.6 Å². The lowest BCUT2D eigenvalue weighted by Gasteiger charge is -2.41. The molecule has 1 aliphatic heterocycles. The van der Waals surface area contributed by atoms with Gasteiger partial charge in [-0.1, -0.05) is 30.3 Å². The number of para-hydroxylation sites is 3. The van der Waals surface area contributed by atoms with Gasteiger partial charge >= 0.3 is 0 Å². The molecule has 0 unspecified atom stereocenters. The maximum absolute atomic E-state index is 4.95. The molecule has 0 radical (unpaired) electrons. The lowest BCUT2D eigenvalue weighted by Crippen LogP contribution is -2.47. The molecule has 4 heteroatoms. The first-order chi connectivity index (χ1) is 12.4. The number of fused-ring (bicyclic) bond motifs is 1. The summed E-state index contributed by atoms with van der Waals surface area (Å²) in [5.41, 5.74) is 4.51. The first-order valence-corrected chi connectivity index (χ1v) is 9.14. The Morgan fingerprint density at radius 2 is 1.65 bits per heavy atom. The lowest BCUT2D eigenvalue weighted by molar-refractivity contribution is 0.141. The molecule has 134 valence electrons. The standard InChI is InChI=1S/C22H26N4/c1-16-10-6-8-12-19(16)25-14-15-26(17(25)2)22(3,4)21-23-18-11-7-9-13-20(18)24(21)5/h6-15,17H,1-5H3/t17-/m1/s1. The van der Waals surface area contributed by atoms with E-state index in [1.165, 1.54) is 16.8 Å². The summed E-state index contributed by atoms with van der Waals surface area (Å²) in [4.78, 5) is 9.67. The van der Waals surface area contributed by atoms with Crippen LogP contribution in [-0.2, 0) is 12.6 Å². The summed E-state index contributed by atoms with van der Waals surface area (Å²) in [5.74, 6) is 1.07. The van der Waals surface area contributed by atoms with Crippen LogP contribution in [0, 0.1) is 6.92 Å². The number of anilines is 1. The van der Waals surface area contributed by atoms with Crippen LogP contribution in [0.25, 0.3) is 11.0 Å². The Hall–Kier alpha value is -2.75. The van der Waals surface area contributed by atoms with Crippen LogP contribution < -0.4 is 4.90 Å². The zero-order valence-electron chi connectivity index (χ0n) is 16.1.